The molecule has 5 heteroatoms. The molecule has 0 spiro atoms. The van der Waals surface area contributed by atoms with Gasteiger partial charge in [-0.15, -0.1) is 0 Å². The van der Waals surface area contributed by atoms with E-state index in [0.717, 1.165) is 11.1 Å². The van der Waals surface area contributed by atoms with Crippen LogP contribution in [0.5, 0.6) is 0 Å². The predicted octanol–water partition coefficient (Wildman–Crippen LogP) is 3.65. The largest absolute Gasteiger partial charge is 0.453 e. The maximum atomic E-state index is 12.1. The molecule has 110 valence electrons. The number of ether oxygens (including phenoxy) is 1. The summed E-state index contributed by atoms with van der Waals surface area (Å²) in [5.41, 5.74) is 1.88. The molecule has 2 heterocycles. The number of hydrogen-bond acceptors (Lipinski definition) is 5. The van der Waals surface area contributed by atoms with Crippen LogP contribution in [0.3, 0.4) is 0 Å². The van der Waals surface area contributed by atoms with Crippen molar-refractivity contribution in [3.05, 3.63) is 72.2 Å². The van der Waals surface area contributed by atoms with Crippen molar-refractivity contribution in [3.8, 4) is 11.3 Å². The van der Waals surface area contributed by atoms with E-state index < -0.39 is 5.97 Å². The number of esters is 1. The fraction of sp³-hybridized carbons (Fsp3) is 0.118. The van der Waals surface area contributed by atoms with Gasteiger partial charge in [-0.25, -0.2) is 4.79 Å². The van der Waals surface area contributed by atoms with E-state index in [1.165, 1.54) is 0 Å². The molecule has 0 aliphatic heterocycles. The highest BCUT2D eigenvalue weighted by Gasteiger charge is 2.18. The Hall–Kier alpha value is -2.95. The Morgan fingerprint density at radius 2 is 1.86 bits per heavy atom. The zero-order chi connectivity index (χ0) is 15.4. The van der Waals surface area contributed by atoms with Gasteiger partial charge < -0.3 is 9.26 Å². The number of pyridine rings is 1. The van der Waals surface area contributed by atoms with Gasteiger partial charge in [0.05, 0.1) is 0 Å². The molecule has 3 aromatic rings. The molecule has 0 saturated carbocycles. The minimum absolute atomic E-state index is 0.153. The second-order valence-electron chi connectivity index (χ2n) is 4.77. The summed E-state index contributed by atoms with van der Waals surface area (Å²) in [6.45, 7) is 1.80. The molecule has 0 fully saturated rings. The lowest BCUT2D eigenvalue weighted by molar-refractivity contribution is 0.0326. The van der Waals surface area contributed by atoms with E-state index in [1.807, 2.05) is 30.3 Å². The van der Waals surface area contributed by atoms with Crippen LogP contribution in [0.4, 0.5) is 0 Å². The highest BCUT2D eigenvalue weighted by Crippen LogP contribution is 2.22. The third-order valence-electron chi connectivity index (χ3n) is 3.24. The van der Waals surface area contributed by atoms with Crippen molar-refractivity contribution in [2.75, 3.05) is 0 Å². The Morgan fingerprint density at radius 1 is 1.14 bits per heavy atom. The predicted molar refractivity (Wildman–Crippen MR) is 80.0 cm³/mol. The fourth-order valence-electron chi connectivity index (χ4n) is 2.03. The van der Waals surface area contributed by atoms with Gasteiger partial charge in [-0.05, 0) is 24.6 Å². The van der Waals surface area contributed by atoms with Crippen LogP contribution in [-0.2, 0) is 4.74 Å². The van der Waals surface area contributed by atoms with Crippen LogP contribution < -0.4 is 0 Å². The summed E-state index contributed by atoms with van der Waals surface area (Å²) in [6.07, 6.45) is 2.93. The molecule has 0 aliphatic carbocycles. The van der Waals surface area contributed by atoms with Gasteiger partial charge >= 0.3 is 5.97 Å². The van der Waals surface area contributed by atoms with E-state index in [4.69, 9.17) is 9.26 Å². The molecule has 1 aromatic carbocycles. The normalized spacial score (nSPS) is 11.9. The van der Waals surface area contributed by atoms with Gasteiger partial charge in [0, 0.05) is 24.0 Å². The smallest absolute Gasteiger partial charge is 0.361 e. The first-order chi connectivity index (χ1) is 10.7. The minimum Gasteiger partial charge on any atom is -0.453 e. The van der Waals surface area contributed by atoms with Crippen molar-refractivity contribution in [1.82, 2.24) is 10.1 Å². The van der Waals surface area contributed by atoms with Gasteiger partial charge in [-0.2, -0.15) is 0 Å². The number of benzene rings is 1. The van der Waals surface area contributed by atoms with Crippen LogP contribution >= 0.6 is 0 Å². The number of hydrogen-bond donors (Lipinski definition) is 0. The molecule has 1 atom stereocenters. The lowest BCUT2D eigenvalue weighted by Gasteiger charge is -2.11. The van der Waals surface area contributed by atoms with Crippen LogP contribution in [0, 0.1) is 0 Å². The Kier molecular flexibility index (Phi) is 3.96. The van der Waals surface area contributed by atoms with Crippen molar-refractivity contribution in [2.24, 2.45) is 0 Å². The lowest BCUT2D eigenvalue weighted by atomic mass is 10.1. The van der Waals surface area contributed by atoms with Gasteiger partial charge in [-0.1, -0.05) is 35.5 Å². The lowest BCUT2D eigenvalue weighted by Crippen LogP contribution is -2.09. The maximum absolute atomic E-state index is 12.1. The van der Waals surface area contributed by atoms with E-state index in [2.05, 4.69) is 10.1 Å². The third kappa shape index (κ3) is 3.03. The van der Waals surface area contributed by atoms with Crippen LogP contribution in [0.2, 0.25) is 0 Å². The first-order valence-electron chi connectivity index (χ1n) is 6.87. The first-order valence-corrected chi connectivity index (χ1v) is 6.87. The van der Waals surface area contributed by atoms with E-state index in [9.17, 15) is 4.79 Å². The first kappa shape index (κ1) is 14.0. The summed E-state index contributed by atoms with van der Waals surface area (Å²) < 4.78 is 10.6. The summed E-state index contributed by atoms with van der Waals surface area (Å²) in [7, 11) is 0. The molecule has 0 radical (unpaired) electrons. The Morgan fingerprint density at radius 3 is 2.59 bits per heavy atom. The molecular weight excluding hydrogens is 280 g/mol. The molecule has 0 aliphatic rings. The summed E-state index contributed by atoms with van der Waals surface area (Å²) in [5.74, 6) is 0.0133. The number of nitrogens with zero attached hydrogens (tertiary/aromatic N) is 2. The molecule has 2 aromatic heterocycles. The molecule has 1 unspecified atom stereocenters. The van der Waals surface area contributed by atoms with E-state index >= 15 is 0 Å². The summed E-state index contributed by atoms with van der Waals surface area (Å²) >= 11 is 0. The van der Waals surface area contributed by atoms with Crippen LogP contribution in [0.25, 0.3) is 11.3 Å². The quantitative estimate of drug-likeness (QED) is 0.687. The molecule has 5 nitrogen and oxygen atoms in total. The van der Waals surface area contributed by atoms with Gasteiger partial charge in [0.25, 0.3) is 0 Å². The second-order valence-corrected chi connectivity index (χ2v) is 4.77. The van der Waals surface area contributed by atoms with Crippen molar-refractivity contribution in [1.29, 1.82) is 0 Å². The van der Waals surface area contributed by atoms with E-state index in [1.54, 1.807) is 37.5 Å². The number of carbonyl (C=O) groups excluding carboxylic acids is 1. The molecule has 0 bridgehead atoms. The average molecular weight is 294 g/mol. The Bertz CT molecular complexity index is 754. The average Bonchev–Trinajstić information content (AvgIpc) is 3.06. The molecular formula is C17H14N2O3. The number of rotatable bonds is 4. The standard InChI is InChI=1S/C17H14N2O3/c1-12(13-7-9-18-10-8-13)21-17(20)15-11-16(22-19-15)14-5-3-2-4-6-14/h2-12H,1H3. The Labute approximate surface area is 127 Å². The zero-order valence-electron chi connectivity index (χ0n) is 12.0. The fourth-order valence-corrected chi connectivity index (χ4v) is 2.03. The zero-order valence-corrected chi connectivity index (χ0v) is 12.0. The van der Waals surface area contributed by atoms with Crippen molar-refractivity contribution < 1.29 is 14.1 Å². The number of aromatic nitrogens is 2. The minimum atomic E-state index is -0.518. The van der Waals surface area contributed by atoms with Crippen LogP contribution in [0.1, 0.15) is 29.1 Å². The molecule has 0 N–H and O–H groups in total. The van der Waals surface area contributed by atoms with E-state index in [0.29, 0.717) is 5.76 Å². The number of carbonyl (C=O) groups is 1. The molecule has 0 amide bonds. The summed E-state index contributed by atoms with van der Waals surface area (Å²) in [4.78, 5) is 16.0. The van der Waals surface area contributed by atoms with Gasteiger partial charge in [-0.3, -0.25) is 4.98 Å². The van der Waals surface area contributed by atoms with Gasteiger partial charge in [0.2, 0.25) is 0 Å². The maximum Gasteiger partial charge on any atom is 0.361 e. The van der Waals surface area contributed by atoms with Crippen LogP contribution in [0.15, 0.2) is 65.4 Å². The summed E-state index contributed by atoms with van der Waals surface area (Å²) in [5, 5.41) is 3.78. The monoisotopic (exact) mass is 294 g/mol. The van der Waals surface area contributed by atoms with Crippen molar-refractivity contribution in [3.63, 3.8) is 0 Å². The molecule has 0 saturated heterocycles. The highest BCUT2D eigenvalue weighted by molar-refractivity contribution is 5.88. The van der Waals surface area contributed by atoms with Gasteiger partial charge in [0.15, 0.2) is 11.5 Å². The molecule has 22 heavy (non-hydrogen) atoms. The van der Waals surface area contributed by atoms with Crippen molar-refractivity contribution >= 4 is 5.97 Å². The SMILES string of the molecule is CC(OC(=O)c1cc(-c2ccccc2)on1)c1ccncc1. The second kappa shape index (κ2) is 6.22. The summed E-state index contributed by atoms with van der Waals surface area (Å²) in [6, 6.07) is 14.6. The third-order valence-corrected chi connectivity index (χ3v) is 3.24. The highest BCUT2D eigenvalue weighted by atomic mass is 16.5. The van der Waals surface area contributed by atoms with Gasteiger partial charge in [0.1, 0.15) is 6.10 Å². The topological polar surface area (TPSA) is 65.2 Å². The van der Waals surface area contributed by atoms with E-state index in [-0.39, 0.29) is 11.8 Å². The molecule has 3 rings (SSSR count). The van der Waals surface area contributed by atoms with Crippen LogP contribution in [-0.4, -0.2) is 16.1 Å². The van der Waals surface area contributed by atoms with Crippen molar-refractivity contribution in [2.45, 2.75) is 13.0 Å². The Balaban J connectivity index is 1.72.